The topological polar surface area (TPSA) is 122 Å². The smallest absolute Gasteiger partial charge is 0 e. The first-order valence-corrected chi connectivity index (χ1v) is 6.00. The Labute approximate surface area is 102 Å². The van der Waals surface area contributed by atoms with E-state index in [2.05, 4.69) is 0 Å². The Kier molecular flexibility index (Phi) is 31.5. The van der Waals surface area contributed by atoms with Crippen molar-refractivity contribution >= 4 is 0 Å². The zero-order valence-electron chi connectivity index (χ0n) is 10.3. The van der Waals surface area contributed by atoms with Crippen molar-refractivity contribution in [1.29, 1.82) is 0 Å². The summed E-state index contributed by atoms with van der Waals surface area (Å²) < 4.78 is 0. The third-order valence-corrected chi connectivity index (χ3v) is 3.00. The van der Waals surface area contributed by atoms with E-state index in [1.807, 2.05) is 0 Å². The van der Waals surface area contributed by atoms with Crippen LogP contribution in [0.5, 0.6) is 0 Å². The molecule has 0 atom stereocenters. The Hall–Kier alpha value is -0.160. The Morgan fingerprint density at radius 2 is 0.250 bits per heavy atom. The van der Waals surface area contributed by atoms with E-state index < -0.39 is 0 Å². The Bertz CT molecular complexity index is 56.0. The zero-order valence-corrected chi connectivity index (χ0v) is 10.3. The maximum Gasteiger partial charge on any atom is 0 e. The molecule has 0 bridgehead atoms. The lowest BCUT2D eigenvalue weighted by Crippen LogP contribution is -1.85. The second-order valence-corrected chi connectivity index (χ2v) is 4.24. The first-order valence-electron chi connectivity index (χ1n) is 6.00. The van der Waals surface area contributed by atoms with E-state index in [0.717, 1.165) is 0 Å². The van der Waals surface area contributed by atoms with E-state index in [1.165, 1.54) is 77.0 Å². The lowest BCUT2D eigenvalue weighted by Gasteiger charge is -2.05. The average molecular weight is 224 g/mol. The minimum atomic E-state index is 0. The van der Waals surface area contributed by atoms with Gasteiger partial charge in [0.1, 0.15) is 0 Å². The highest BCUT2D eigenvalue weighted by atomic mass is 14.0. The van der Waals surface area contributed by atoms with Gasteiger partial charge in [0.2, 0.25) is 0 Å². The van der Waals surface area contributed by atoms with Crippen molar-refractivity contribution in [1.82, 2.24) is 24.6 Å². The summed E-state index contributed by atoms with van der Waals surface area (Å²) in [5.74, 6) is 0. The summed E-state index contributed by atoms with van der Waals surface area (Å²) in [5, 5.41) is 0. The molecule has 1 rings (SSSR count). The summed E-state index contributed by atoms with van der Waals surface area (Å²) in [5.41, 5.74) is 0. The molecule has 0 spiro atoms. The summed E-state index contributed by atoms with van der Waals surface area (Å²) in [4.78, 5) is 0. The lowest BCUT2D eigenvalue weighted by molar-refractivity contribution is 0.504. The monoisotopic (exact) mass is 224 g/mol. The number of nitrogens with zero attached hydrogens (tertiary/aromatic N) is 4. The highest BCUT2D eigenvalue weighted by Crippen LogP contribution is 2.15. The minimum Gasteiger partial charge on any atom is -0.0533 e. The van der Waals surface area contributed by atoms with E-state index in [1.54, 1.807) is 0 Å². The van der Waals surface area contributed by atoms with E-state index in [9.17, 15) is 0 Å². The summed E-state index contributed by atoms with van der Waals surface area (Å²) in [6.45, 7) is 0. The summed E-state index contributed by atoms with van der Waals surface area (Å²) >= 11 is 0. The van der Waals surface area contributed by atoms with Crippen molar-refractivity contribution in [3.05, 3.63) is 0 Å². The van der Waals surface area contributed by atoms with Crippen LogP contribution in [0.25, 0.3) is 0 Å². The van der Waals surface area contributed by atoms with Gasteiger partial charge in [-0.05, 0) is 0 Å². The first-order chi connectivity index (χ1) is 6.00. The fourth-order valence-electron chi connectivity index (χ4n) is 2.12. The standard InChI is InChI=1S/C12H24.4N/c1-2-4-6-8-10-12-11-9-7-5-3-1;;;;/h1-12H2;;;;. The van der Waals surface area contributed by atoms with Crippen LogP contribution in [0.15, 0.2) is 0 Å². The number of hydrogen-bond acceptors (Lipinski definition) is 0. The number of hydrogen-bond donors (Lipinski definition) is 0. The first kappa shape index (κ1) is 24.9. The van der Waals surface area contributed by atoms with E-state index in [0.29, 0.717) is 0 Å². The molecule has 0 saturated heterocycles. The highest BCUT2D eigenvalue weighted by Gasteiger charge is 1.96. The molecular weight excluding hydrogens is 200 g/mol. The van der Waals surface area contributed by atoms with Gasteiger partial charge in [-0.1, -0.05) is 77.0 Å². The van der Waals surface area contributed by atoms with Crippen molar-refractivity contribution < 1.29 is 0 Å². The van der Waals surface area contributed by atoms with Crippen LogP contribution in [0.1, 0.15) is 77.0 Å². The Morgan fingerprint density at radius 3 is 0.312 bits per heavy atom. The van der Waals surface area contributed by atoms with Gasteiger partial charge < -0.3 is 0 Å². The minimum absolute atomic E-state index is 0. The predicted octanol–water partition coefficient (Wildman–Crippen LogP) is 2.76. The van der Waals surface area contributed by atoms with Gasteiger partial charge in [-0.15, -0.1) is 0 Å². The average Bonchev–Trinajstić information content (AvgIpc) is 2.05. The lowest BCUT2D eigenvalue weighted by atomic mass is 10.0. The van der Waals surface area contributed by atoms with E-state index in [4.69, 9.17) is 0 Å². The Morgan fingerprint density at radius 1 is 0.188 bits per heavy atom. The molecular formula is C12H24N4. The van der Waals surface area contributed by atoms with Crippen LogP contribution in [-0.4, -0.2) is 0 Å². The highest BCUT2D eigenvalue weighted by molar-refractivity contribution is 4.51. The molecule has 1 saturated carbocycles. The predicted molar refractivity (Wildman–Crippen MR) is 63.9 cm³/mol. The molecule has 1 aliphatic rings. The SMILES string of the molecule is C1CCCCCCCCCCC1.[N].[N].[N].[N]. The normalized spacial score (nSPS) is 18.0. The Balaban J connectivity index is -0.000000180. The maximum absolute atomic E-state index is 1.50. The second-order valence-electron chi connectivity index (χ2n) is 4.24. The molecule has 4 heteroatoms. The van der Waals surface area contributed by atoms with Gasteiger partial charge in [0.25, 0.3) is 0 Å². The quantitative estimate of drug-likeness (QED) is 0.600. The van der Waals surface area contributed by atoms with Crippen LogP contribution in [0.3, 0.4) is 0 Å². The van der Waals surface area contributed by atoms with Gasteiger partial charge in [-0.25, -0.2) is 0 Å². The van der Waals surface area contributed by atoms with Crippen molar-refractivity contribution in [2.75, 3.05) is 0 Å². The summed E-state index contributed by atoms with van der Waals surface area (Å²) in [6.07, 6.45) is 18.0. The van der Waals surface area contributed by atoms with Crippen LogP contribution in [0.4, 0.5) is 0 Å². The second kappa shape index (κ2) is 20.3. The largest absolute Gasteiger partial charge is 0.0533 e. The van der Waals surface area contributed by atoms with Crippen molar-refractivity contribution in [2.45, 2.75) is 77.0 Å². The van der Waals surface area contributed by atoms with Crippen LogP contribution in [0, 0.1) is 0 Å². The zero-order chi connectivity index (χ0) is 8.49. The van der Waals surface area contributed by atoms with Gasteiger partial charge in [0.05, 0.1) is 0 Å². The fourth-order valence-corrected chi connectivity index (χ4v) is 2.12. The van der Waals surface area contributed by atoms with Crippen LogP contribution in [-0.2, 0) is 0 Å². The number of rotatable bonds is 0. The van der Waals surface area contributed by atoms with Crippen LogP contribution >= 0.6 is 0 Å². The third kappa shape index (κ3) is 16.3. The molecule has 0 unspecified atom stereocenters. The van der Waals surface area contributed by atoms with Crippen LogP contribution < -0.4 is 24.6 Å². The molecule has 16 heavy (non-hydrogen) atoms. The molecule has 0 aromatic carbocycles. The molecule has 4 nitrogen and oxygen atoms in total. The van der Waals surface area contributed by atoms with Gasteiger partial charge >= 0.3 is 0 Å². The van der Waals surface area contributed by atoms with Gasteiger partial charge in [0.15, 0.2) is 0 Å². The van der Waals surface area contributed by atoms with E-state index >= 15 is 0 Å². The maximum atomic E-state index is 1.50. The molecule has 0 aliphatic heterocycles. The van der Waals surface area contributed by atoms with E-state index in [-0.39, 0.29) is 24.6 Å². The van der Waals surface area contributed by atoms with Gasteiger partial charge in [-0.2, -0.15) is 0 Å². The van der Waals surface area contributed by atoms with Crippen molar-refractivity contribution in [3.8, 4) is 0 Å². The molecule has 0 aromatic rings. The third-order valence-electron chi connectivity index (χ3n) is 3.00. The molecule has 0 aromatic heterocycles. The molecule has 1 fully saturated rings. The van der Waals surface area contributed by atoms with Crippen LogP contribution in [0.2, 0.25) is 0 Å². The van der Waals surface area contributed by atoms with Gasteiger partial charge in [0, 0.05) is 24.6 Å². The molecule has 12 radical (unpaired) electrons. The molecule has 0 heterocycles. The molecule has 92 valence electrons. The van der Waals surface area contributed by atoms with Gasteiger partial charge in [-0.3, -0.25) is 0 Å². The van der Waals surface area contributed by atoms with Crippen molar-refractivity contribution in [2.24, 2.45) is 0 Å². The molecule has 0 N–H and O–H groups in total. The summed E-state index contributed by atoms with van der Waals surface area (Å²) in [7, 11) is 0. The fraction of sp³-hybridized carbons (Fsp3) is 1.00. The molecule has 1 aliphatic carbocycles. The summed E-state index contributed by atoms with van der Waals surface area (Å²) in [6, 6.07) is 0. The van der Waals surface area contributed by atoms with Crippen molar-refractivity contribution in [3.63, 3.8) is 0 Å². The molecule has 0 amide bonds.